The van der Waals surface area contributed by atoms with Gasteiger partial charge in [0.2, 0.25) is 0 Å². The molecule has 2 aliphatic carbocycles. The molecular formula is C19H28IN3. The zero-order chi connectivity index (χ0) is 15.0. The molecule has 2 saturated carbocycles. The summed E-state index contributed by atoms with van der Waals surface area (Å²) in [5.41, 5.74) is 2.14. The first-order chi connectivity index (χ1) is 10.8. The highest BCUT2D eigenvalue weighted by molar-refractivity contribution is 14.0. The minimum atomic E-state index is 0. The van der Waals surface area contributed by atoms with Gasteiger partial charge in [0.15, 0.2) is 5.96 Å². The van der Waals surface area contributed by atoms with Gasteiger partial charge in [-0.2, -0.15) is 0 Å². The van der Waals surface area contributed by atoms with E-state index >= 15 is 0 Å². The largest absolute Gasteiger partial charge is 0.356 e. The highest BCUT2D eigenvalue weighted by atomic mass is 127. The lowest BCUT2D eigenvalue weighted by Gasteiger charge is -2.38. The van der Waals surface area contributed by atoms with Crippen LogP contribution in [0.5, 0.6) is 0 Å². The van der Waals surface area contributed by atoms with Gasteiger partial charge in [-0.1, -0.05) is 36.8 Å². The van der Waals surface area contributed by atoms with E-state index in [0.29, 0.717) is 5.41 Å². The monoisotopic (exact) mass is 425 g/mol. The fourth-order valence-corrected chi connectivity index (χ4v) is 4.34. The summed E-state index contributed by atoms with van der Waals surface area (Å²) in [6.07, 6.45) is 6.97. The quantitative estimate of drug-likeness (QED) is 0.453. The van der Waals surface area contributed by atoms with Crippen molar-refractivity contribution in [2.45, 2.75) is 38.0 Å². The van der Waals surface area contributed by atoms with Crippen LogP contribution >= 0.6 is 24.0 Å². The Balaban J connectivity index is 0.00000156. The number of hydrogen-bond donors (Lipinski definition) is 1. The highest BCUT2D eigenvalue weighted by Crippen LogP contribution is 2.48. The van der Waals surface area contributed by atoms with Crippen LogP contribution in [0.15, 0.2) is 35.3 Å². The molecule has 3 aliphatic rings. The molecule has 0 aromatic heterocycles. The number of benzene rings is 1. The molecule has 1 N–H and O–H groups in total. The van der Waals surface area contributed by atoms with Gasteiger partial charge in [0.1, 0.15) is 0 Å². The van der Waals surface area contributed by atoms with Crippen molar-refractivity contribution < 1.29 is 0 Å². The zero-order valence-electron chi connectivity index (χ0n) is 14.0. The maximum Gasteiger partial charge on any atom is 0.193 e. The predicted molar refractivity (Wildman–Crippen MR) is 107 cm³/mol. The summed E-state index contributed by atoms with van der Waals surface area (Å²) in [5, 5.41) is 3.63. The minimum absolute atomic E-state index is 0. The first-order valence-electron chi connectivity index (χ1n) is 8.80. The average molecular weight is 425 g/mol. The van der Waals surface area contributed by atoms with Gasteiger partial charge in [-0.15, -0.1) is 24.0 Å². The van der Waals surface area contributed by atoms with Gasteiger partial charge in [-0.05, 0) is 48.5 Å². The van der Waals surface area contributed by atoms with E-state index < -0.39 is 0 Å². The van der Waals surface area contributed by atoms with Gasteiger partial charge in [0.25, 0.3) is 0 Å². The standard InChI is InChI=1S/C19H27N3.HI/c1-20-18(22-11-10-19(14-22)8-5-9-19)21-13-16-12-17(16)15-6-3-2-4-7-15;/h2-4,6-7,16-17H,5,8-14H2,1H3,(H,20,21);1H. The fourth-order valence-electron chi connectivity index (χ4n) is 4.34. The molecule has 3 nitrogen and oxygen atoms in total. The third-order valence-electron chi connectivity index (χ3n) is 6.04. The van der Waals surface area contributed by atoms with Gasteiger partial charge < -0.3 is 10.2 Å². The van der Waals surface area contributed by atoms with E-state index in [9.17, 15) is 0 Å². The smallest absolute Gasteiger partial charge is 0.193 e. The molecule has 4 heteroatoms. The fraction of sp³-hybridized carbons (Fsp3) is 0.632. The molecule has 1 heterocycles. The van der Waals surface area contributed by atoms with Crippen LogP contribution in [0.1, 0.15) is 43.6 Å². The Morgan fingerprint density at radius 3 is 2.65 bits per heavy atom. The summed E-state index contributed by atoms with van der Waals surface area (Å²) < 4.78 is 0. The van der Waals surface area contributed by atoms with Crippen LogP contribution in [0.3, 0.4) is 0 Å². The van der Waals surface area contributed by atoms with Crippen LogP contribution in [0.2, 0.25) is 0 Å². The Morgan fingerprint density at radius 1 is 1.26 bits per heavy atom. The number of hydrogen-bond acceptors (Lipinski definition) is 1. The molecule has 0 radical (unpaired) electrons. The summed E-state index contributed by atoms with van der Waals surface area (Å²) in [6, 6.07) is 10.9. The maximum absolute atomic E-state index is 4.52. The molecular weight excluding hydrogens is 397 g/mol. The number of rotatable bonds is 3. The van der Waals surface area contributed by atoms with Crippen LogP contribution in [0.25, 0.3) is 0 Å². The summed E-state index contributed by atoms with van der Waals surface area (Å²) in [7, 11) is 1.93. The number of guanidine groups is 1. The Morgan fingerprint density at radius 2 is 2.04 bits per heavy atom. The molecule has 1 spiro atoms. The SMILES string of the molecule is CN=C(NCC1CC1c1ccccc1)N1CCC2(CCC2)C1.I. The summed E-state index contributed by atoms with van der Waals surface area (Å²) in [6.45, 7) is 3.47. The van der Waals surface area contributed by atoms with E-state index in [1.165, 1.54) is 50.8 Å². The van der Waals surface area contributed by atoms with Gasteiger partial charge in [0, 0.05) is 26.7 Å². The van der Waals surface area contributed by atoms with Crippen LogP contribution in [0, 0.1) is 11.3 Å². The molecule has 1 aromatic carbocycles. The summed E-state index contributed by atoms with van der Waals surface area (Å²) in [5.74, 6) is 2.66. The topological polar surface area (TPSA) is 27.6 Å². The van der Waals surface area contributed by atoms with E-state index in [2.05, 4.69) is 45.5 Å². The number of nitrogens with one attached hydrogen (secondary N) is 1. The summed E-state index contributed by atoms with van der Waals surface area (Å²) >= 11 is 0. The summed E-state index contributed by atoms with van der Waals surface area (Å²) in [4.78, 5) is 7.01. The molecule has 1 aliphatic heterocycles. The molecule has 126 valence electrons. The predicted octanol–water partition coefficient (Wildman–Crippen LogP) is 3.86. The number of nitrogens with zero attached hydrogens (tertiary/aromatic N) is 2. The molecule has 2 atom stereocenters. The molecule has 2 unspecified atom stereocenters. The van der Waals surface area contributed by atoms with Crippen molar-refractivity contribution in [2.24, 2.45) is 16.3 Å². The molecule has 23 heavy (non-hydrogen) atoms. The maximum atomic E-state index is 4.52. The lowest BCUT2D eigenvalue weighted by Crippen LogP contribution is -2.43. The lowest BCUT2D eigenvalue weighted by atomic mass is 9.68. The van der Waals surface area contributed by atoms with Crippen LogP contribution < -0.4 is 5.32 Å². The Kier molecular flexibility index (Phi) is 5.19. The van der Waals surface area contributed by atoms with Crippen molar-refractivity contribution in [3.63, 3.8) is 0 Å². The second kappa shape index (κ2) is 6.99. The molecule has 1 aromatic rings. The number of halogens is 1. The highest BCUT2D eigenvalue weighted by Gasteiger charge is 2.44. The van der Waals surface area contributed by atoms with Crippen molar-refractivity contribution in [3.8, 4) is 0 Å². The minimum Gasteiger partial charge on any atom is -0.356 e. The van der Waals surface area contributed by atoms with Crippen molar-refractivity contribution in [3.05, 3.63) is 35.9 Å². The first kappa shape index (κ1) is 17.1. The average Bonchev–Trinajstić information content (AvgIpc) is 3.15. The molecule has 3 fully saturated rings. The molecule has 1 saturated heterocycles. The van der Waals surface area contributed by atoms with Crippen molar-refractivity contribution in [1.82, 2.24) is 10.2 Å². The lowest BCUT2D eigenvalue weighted by molar-refractivity contribution is 0.151. The van der Waals surface area contributed by atoms with Crippen molar-refractivity contribution >= 4 is 29.9 Å². The van der Waals surface area contributed by atoms with E-state index in [-0.39, 0.29) is 24.0 Å². The van der Waals surface area contributed by atoms with Crippen molar-refractivity contribution in [2.75, 3.05) is 26.7 Å². The van der Waals surface area contributed by atoms with Crippen molar-refractivity contribution in [1.29, 1.82) is 0 Å². The second-order valence-electron chi connectivity index (χ2n) is 7.47. The van der Waals surface area contributed by atoms with E-state index in [0.717, 1.165) is 24.3 Å². The third kappa shape index (κ3) is 3.52. The Bertz CT molecular complexity index is 553. The third-order valence-corrected chi connectivity index (χ3v) is 6.04. The number of aliphatic imine (C=N–C) groups is 1. The number of likely N-dealkylation sites (tertiary alicyclic amines) is 1. The zero-order valence-corrected chi connectivity index (χ0v) is 16.3. The molecule has 0 amide bonds. The molecule has 0 bridgehead atoms. The first-order valence-corrected chi connectivity index (χ1v) is 8.80. The van der Waals surface area contributed by atoms with Gasteiger partial charge in [-0.25, -0.2) is 0 Å². The van der Waals surface area contributed by atoms with E-state index in [1.807, 2.05) is 7.05 Å². The Hall–Kier alpha value is -0.780. The van der Waals surface area contributed by atoms with Crippen LogP contribution in [0.4, 0.5) is 0 Å². The van der Waals surface area contributed by atoms with Crippen LogP contribution in [-0.2, 0) is 0 Å². The van der Waals surface area contributed by atoms with E-state index in [4.69, 9.17) is 0 Å². The van der Waals surface area contributed by atoms with Gasteiger partial charge in [0.05, 0.1) is 0 Å². The van der Waals surface area contributed by atoms with Gasteiger partial charge in [-0.3, -0.25) is 4.99 Å². The Labute approximate surface area is 157 Å². The van der Waals surface area contributed by atoms with Crippen LogP contribution in [-0.4, -0.2) is 37.5 Å². The molecule has 4 rings (SSSR count). The second-order valence-corrected chi connectivity index (χ2v) is 7.47. The van der Waals surface area contributed by atoms with Gasteiger partial charge >= 0.3 is 0 Å². The van der Waals surface area contributed by atoms with E-state index in [1.54, 1.807) is 0 Å². The normalized spacial score (nSPS) is 28.2.